The zero-order valence-corrected chi connectivity index (χ0v) is 17.9. The van der Waals surface area contributed by atoms with Crippen LogP contribution < -0.4 is 11.0 Å². The van der Waals surface area contributed by atoms with Crippen molar-refractivity contribution in [2.75, 3.05) is 6.54 Å². The average Bonchev–Trinajstić information content (AvgIpc) is 3.49. The van der Waals surface area contributed by atoms with E-state index in [1.54, 1.807) is 0 Å². The van der Waals surface area contributed by atoms with Gasteiger partial charge >= 0.3 is 17.9 Å². The van der Waals surface area contributed by atoms with E-state index in [0.717, 1.165) is 16.7 Å². The number of halogens is 4. The third-order valence-electron chi connectivity index (χ3n) is 6.36. The Morgan fingerprint density at radius 1 is 1.20 bits per heavy atom. The summed E-state index contributed by atoms with van der Waals surface area (Å²) >= 11 is 0. The lowest BCUT2D eigenvalue weighted by atomic mass is 10.1. The number of nitriles is 1. The molecule has 2 aliphatic heterocycles. The number of aromatic nitrogens is 2. The smallest absolute Gasteiger partial charge is 0.417 e. The molecule has 2 aromatic carbocycles. The number of imidazole rings is 1. The monoisotopic (exact) mass is 487 g/mol. The summed E-state index contributed by atoms with van der Waals surface area (Å²) in [4.78, 5) is 27.3. The molecule has 180 valence electrons. The zero-order chi connectivity index (χ0) is 25.1. The summed E-state index contributed by atoms with van der Waals surface area (Å²) in [7, 11) is 0. The standard InChI is InChI=1S/C23H17F4N5O3/c24-14-4-1-12(2-5-14)10-29-21(34)30-11-16-8-18(30)19-20(33)32(22(35)31(16)19)15-6-3-13(9-28)17(7-15)23(25,26)27/h1-7,16,18,33H,8,10-11H2,(H,29,34)/t16-,18-/m0/s1. The molecule has 2 aliphatic rings. The number of carbonyl (C=O) groups excluding carboxylic acids is 1. The lowest BCUT2D eigenvalue weighted by Gasteiger charge is -2.27. The summed E-state index contributed by atoms with van der Waals surface area (Å²) in [6, 6.07) is 8.25. The van der Waals surface area contributed by atoms with Crippen molar-refractivity contribution in [2.24, 2.45) is 0 Å². The largest absolute Gasteiger partial charge is 0.493 e. The molecule has 2 atom stereocenters. The number of rotatable bonds is 3. The number of carbonyl (C=O) groups is 1. The van der Waals surface area contributed by atoms with Crippen molar-refractivity contribution in [2.45, 2.75) is 31.2 Å². The Labute approximate surface area is 195 Å². The molecule has 0 aliphatic carbocycles. The fraction of sp³-hybridized carbons (Fsp3) is 0.261. The first kappa shape index (κ1) is 22.5. The molecule has 12 heteroatoms. The van der Waals surface area contributed by atoms with E-state index in [-0.39, 0.29) is 24.5 Å². The van der Waals surface area contributed by atoms with E-state index in [9.17, 15) is 32.3 Å². The van der Waals surface area contributed by atoms with Crippen molar-refractivity contribution in [1.82, 2.24) is 19.4 Å². The maximum atomic E-state index is 13.4. The van der Waals surface area contributed by atoms with Gasteiger partial charge in [0.15, 0.2) is 0 Å². The third kappa shape index (κ3) is 3.60. The summed E-state index contributed by atoms with van der Waals surface area (Å²) < 4.78 is 55.3. The molecule has 0 saturated carbocycles. The minimum Gasteiger partial charge on any atom is -0.493 e. The average molecular weight is 487 g/mol. The van der Waals surface area contributed by atoms with Crippen molar-refractivity contribution in [3.05, 3.63) is 81.2 Å². The van der Waals surface area contributed by atoms with Crippen molar-refractivity contribution in [3.63, 3.8) is 0 Å². The number of urea groups is 1. The summed E-state index contributed by atoms with van der Waals surface area (Å²) in [5.41, 5.74) is -1.98. The Balaban J connectivity index is 1.45. The van der Waals surface area contributed by atoms with Crippen molar-refractivity contribution in [1.29, 1.82) is 5.26 Å². The van der Waals surface area contributed by atoms with Gasteiger partial charge < -0.3 is 15.3 Å². The molecule has 2 bridgehead atoms. The van der Waals surface area contributed by atoms with Gasteiger partial charge in [0.2, 0.25) is 5.88 Å². The SMILES string of the molecule is N#Cc1ccc(-n2c(O)c3n(c2=O)[C@H]2C[C@@H]3N(C(=O)NCc3ccc(F)cc3)C2)cc1C(F)(F)F. The molecule has 0 unspecified atom stereocenters. The van der Waals surface area contributed by atoms with Crippen LogP contribution in [0.25, 0.3) is 5.69 Å². The lowest BCUT2D eigenvalue weighted by Crippen LogP contribution is -2.43. The van der Waals surface area contributed by atoms with E-state index in [0.29, 0.717) is 18.1 Å². The number of aromatic hydroxyl groups is 1. The third-order valence-corrected chi connectivity index (χ3v) is 6.36. The first-order chi connectivity index (χ1) is 16.6. The minimum atomic E-state index is -4.83. The van der Waals surface area contributed by atoms with Gasteiger partial charge in [-0.3, -0.25) is 4.57 Å². The summed E-state index contributed by atoms with van der Waals surface area (Å²) in [6.45, 7) is 0.315. The van der Waals surface area contributed by atoms with Gasteiger partial charge in [-0.05, 0) is 42.3 Å². The van der Waals surface area contributed by atoms with Crippen LogP contribution in [0.5, 0.6) is 5.88 Å². The molecule has 1 aromatic heterocycles. The minimum absolute atomic E-state index is 0.137. The molecule has 1 saturated heterocycles. The van der Waals surface area contributed by atoms with Crippen LogP contribution in [0, 0.1) is 17.1 Å². The normalized spacial score (nSPS) is 18.4. The molecule has 35 heavy (non-hydrogen) atoms. The van der Waals surface area contributed by atoms with Crippen LogP contribution in [0.3, 0.4) is 0 Å². The number of hydrogen-bond donors (Lipinski definition) is 2. The van der Waals surface area contributed by atoms with Crippen LogP contribution in [0.15, 0.2) is 47.3 Å². The van der Waals surface area contributed by atoms with E-state index in [2.05, 4.69) is 5.32 Å². The quantitative estimate of drug-likeness (QED) is 0.551. The fourth-order valence-corrected chi connectivity index (χ4v) is 4.79. The second-order valence-electron chi connectivity index (χ2n) is 8.38. The van der Waals surface area contributed by atoms with E-state index < -0.39 is 52.8 Å². The maximum Gasteiger partial charge on any atom is 0.417 e. The first-order valence-electron chi connectivity index (χ1n) is 10.6. The van der Waals surface area contributed by atoms with Gasteiger partial charge in [0.1, 0.15) is 11.5 Å². The van der Waals surface area contributed by atoms with Crippen LogP contribution in [-0.4, -0.2) is 31.7 Å². The van der Waals surface area contributed by atoms with E-state index in [4.69, 9.17) is 5.26 Å². The molecular formula is C23H17F4N5O3. The van der Waals surface area contributed by atoms with Gasteiger partial charge in [-0.2, -0.15) is 18.4 Å². The number of nitrogens with one attached hydrogen (secondary N) is 1. The summed E-state index contributed by atoms with van der Waals surface area (Å²) in [6.07, 6.45) is -4.45. The van der Waals surface area contributed by atoms with Gasteiger partial charge in [0.05, 0.1) is 35.0 Å². The second kappa shape index (κ2) is 7.90. The van der Waals surface area contributed by atoms with Gasteiger partial charge in [-0.15, -0.1) is 0 Å². The Kier molecular flexibility index (Phi) is 5.08. The molecule has 8 nitrogen and oxygen atoms in total. The van der Waals surface area contributed by atoms with Gasteiger partial charge in [0.25, 0.3) is 0 Å². The predicted molar refractivity (Wildman–Crippen MR) is 113 cm³/mol. The zero-order valence-electron chi connectivity index (χ0n) is 17.9. The van der Waals surface area contributed by atoms with E-state index >= 15 is 0 Å². The van der Waals surface area contributed by atoms with Crippen molar-refractivity contribution >= 4 is 6.03 Å². The van der Waals surface area contributed by atoms with Gasteiger partial charge in [-0.25, -0.2) is 18.5 Å². The second-order valence-corrected chi connectivity index (χ2v) is 8.38. The number of likely N-dealkylation sites (tertiary alicyclic amines) is 1. The molecule has 1 fully saturated rings. The fourth-order valence-electron chi connectivity index (χ4n) is 4.79. The van der Waals surface area contributed by atoms with Crippen molar-refractivity contribution in [3.8, 4) is 17.6 Å². The Morgan fingerprint density at radius 2 is 1.91 bits per heavy atom. The highest BCUT2D eigenvalue weighted by atomic mass is 19.4. The first-order valence-corrected chi connectivity index (χ1v) is 10.6. The van der Waals surface area contributed by atoms with Crippen molar-refractivity contribution < 1.29 is 27.5 Å². The molecule has 2 N–H and O–H groups in total. The van der Waals surface area contributed by atoms with E-state index in [1.807, 2.05) is 0 Å². The number of fused-ring (bicyclic) bond motifs is 5. The lowest BCUT2D eigenvalue weighted by molar-refractivity contribution is -0.137. The molecule has 2 amide bonds. The molecular weight excluding hydrogens is 470 g/mol. The Bertz CT molecular complexity index is 1440. The van der Waals surface area contributed by atoms with Gasteiger partial charge in [0, 0.05) is 13.1 Å². The topological polar surface area (TPSA) is 103 Å². The maximum absolute atomic E-state index is 13.4. The number of amides is 2. The number of alkyl halides is 3. The molecule has 3 aromatic rings. The Morgan fingerprint density at radius 3 is 2.57 bits per heavy atom. The number of nitrogens with zero attached hydrogens (tertiary/aromatic N) is 4. The summed E-state index contributed by atoms with van der Waals surface area (Å²) in [5, 5.41) is 22.6. The predicted octanol–water partition coefficient (Wildman–Crippen LogP) is 3.59. The van der Waals surface area contributed by atoms with Crippen LogP contribution in [0.4, 0.5) is 22.4 Å². The summed E-state index contributed by atoms with van der Waals surface area (Å²) in [5.74, 6) is -0.962. The molecule has 3 heterocycles. The molecule has 0 spiro atoms. The van der Waals surface area contributed by atoms with E-state index in [1.165, 1.54) is 39.8 Å². The number of benzene rings is 2. The Hall–Kier alpha value is -4.27. The molecule has 0 radical (unpaired) electrons. The van der Waals surface area contributed by atoms with Crippen LogP contribution in [0.2, 0.25) is 0 Å². The highest BCUT2D eigenvalue weighted by molar-refractivity contribution is 5.75. The van der Waals surface area contributed by atoms with Gasteiger partial charge in [-0.1, -0.05) is 12.1 Å². The van der Waals surface area contributed by atoms with Crippen LogP contribution in [-0.2, 0) is 12.7 Å². The highest BCUT2D eigenvalue weighted by Crippen LogP contribution is 2.48. The molecule has 5 rings (SSSR count). The number of hydrogen-bond acceptors (Lipinski definition) is 4. The van der Waals surface area contributed by atoms with Crippen LogP contribution in [0.1, 0.15) is 40.9 Å². The highest BCUT2D eigenvalue weighted by Gasteiger charge is 2.49. The van der Waals surface area contributed by atoms with Crippen LogP contribution >= 0.6 is 0 Å².